The quantitative estimate of drug-likeness (QED) is 0.737. The van der Waals surface area contributed by atoms with Gasteiger partial charge in [-0.1, -0.05) is 44.9 Å². The first-order valence-corrected chi connectivity index (χ1v) is 8.81. The monoisotopic (exact) mass is 316 g/mol. The highest BCUT2D eigenvalue weighted by Gasteiger charge is 2.36. The number of likely N-dealkylation sites (tertiary alicyclic amines) is 1. The molecule has 0 aromatic heterocycles. The molecule has 1 aromatic carbocycles. The van der Waals surface area contributed by atoms with Crippen molar-refractivity contribution in [3.63, 3.8) is 0 Å². The van der Waals surface area contributed by atoms with Crippen molar-refractivity contribution in [2.45, 2.75) is 46.0 Å². The summed E-state index contributed by atoms with van der Waals surface area (Å²) >= 11 is 0. The zero-order valence-corrected chi connectivity index (χ0v) is 14.3. The fraction of sp³-hybridized carbons (Fsp3) is 0.579. The van der Waals surface area contributed by atoms with Gasteiger partial charge >= 0.3 is 0 Å². The average molecular weight is 316 g/mol. The predicted octanol–water partition coefficient (Wildman–Crippen LogP) is 3.47. The zero-order chi connectivity index (χ0) is 16.7. The van der Waals surface area contributed by atoms with Crippen molar-refractivity contribution in [1.29, 1.82) is 0 Å². The van der Waals surface area contributed by atoms with E-state index in [1.807, 2.05) is 40.1 Å². The van der Waals surface area contributed by atoms with Crippen molar-refractivity contribution in [1.82, 2.24) is 4.90 Å². The van der Waals surface area contributed by atoms with E-state index in [2.05, 4.69) is 13.8 Å². The van der Waals surface area contributed by atoms with E-state index in [4.69, 9.17) is 0 Å². The first-order valence-electron chi connectivity index (χ1n) is 8.81. The second kappa shape index (κ2) is 8.70. The summed E-state index contributed by atoms with van der Waals surface area (Å²) in [6.45, 7) is 6.32. The van der Waals surface area contributed by atoms with Gasteiger partial charge in [-0.2, -0.15) is 0 Å². The van der Waals surface area contributed by atoms with Crippen LogP contribution in [0.3, 0.4) is 0 Å². The molecule has 23 heavy (non-hydrogen) atoms. The molecular weight excluding hydrogens is 288 g/mol. The van der Waals surface area contributed by atoms with E-state index in [1.54, 1.807) is 0 Å². The lowest BCUT2D eigenvalue weighted by atomic mass is 10.1. The Morgan fingerprint density at radius 1 is 1.17 bits per heavy atom. The van der Waals surface area contributed by atoms with Gasteiger partial charge in [0.1, 0.15) is 0 Å². The highest BCUT2D eigenvalue weighted by atomic mass is 16.2. The Hall–Kier alpha value is -1.84. The molecule has 1 aromatic rings. The van der Waals surface area contributed by atoms with Crippen LogP contribution in [0.1, 0.15) is 46.0 Å². The van der Waals surface area contributed by atoms with Gasteiger partial charge in [-0.25, -0.2) is 0 Å². The minimum absolute atomic E-state index is 0.0944. The van der Waals surface area contributed by atoms with E-state index in [1.165, 1.54) is 0 Å². The minimum Gasteiger partial charge on any atom is -0.342 e. The van der Waals surface area contributed by atoms with Crippen LogP contribution in [0, 0.1) is 5.92 Å². The number of para-hydroxylation sites is 1. The van der Waals surface area contributed by atoms with Crippen molar-refractivity contribution in [2.24, 2.45) is 5.92 Å². The number of anilines is 1. The smallest absolute Gasteiger partial charge is 0.232 e. The van der Waals surface area contributed by atoms with Gasteiger partial charge in [-0.3, -0.25) is 9.59 Å². The van der Waals surface area contributed by atoms with E-state index >= 15 is 0 Å². The number of benzene rings is 1. The molecular formula is C19H28N2O2. The largest absolute Gasteiger partial charge is 0.342 e. The molecule has 0 N–H and O–H groups in total. The third-order valence-corrected chi connectivity index (χ3v) is 4.41. The summed E-state index contributed by atoms with van der Waals surface area (Å²) in [7, 11) is 0. The van der Waals surface area contributed by atoms with Gasteiger partial charge in [-0.15, -0.1) is 0 Å². The number of unbranched alkanes of at least 4 members (excludes halogenated alkanes) is 2. The topological polar surface area (TPSA) is 40.6 Å². The van der Waals surface area contributed by atoms with Gasteiger partial charge < -0.3 is 9.80 Å². The minimum atomic E-state index is -0.198. The Balaban J connectivity index is 2.07. The first kappa shape index (κ1) is 17.5. The fourth-order valence-electron chi connectivity index (χ4n) is 3.01. The number of carbonyl (C=O) groups is 2. The van der Waals surface area contributed by atoms with Crippen molar-refractivity contribution in [2.75, 3.05) is 24.5 Å². The van der Waals surface area contributed by atoms with Crippen LogP contribution in [0.25, 0.3) is 0 Å². The van der Waals surface area contributed by atoms with Crippen LogP contribution in [-0.2, 0) is 9.59 Å². The SMILES string of the molecule is CCCCN1C[C@@H](C(=O)N(CCCC)c2ccccc2)CC1=O. The zero-order valence-electron chi connectivity index (χ0n) is 14.3. The van der Waals surface area contributed by atoms with Crippen molar-refractivity contribution in [3.8, 4) is 0 Å². The van der Waals surface area contributed by atoms with E-state index in [0.717, 1.165) is 44.5 Å². The Kier molecular flexibility index (Phi) is 6.63. The number of amides is 2. The van der Waals surface area contributed by atoms with Gasteiger partial charge in [0.2, 0.25) is 11.8 Å². The molecule has 4 nitrogen and oxygen atoms in total. The normalized spacial score (nSPS) is 17.6. The summed E-state index contributed by atoms with van der Waals surface area (Å²) in [5.74, 6) is 0.0220. The lowest BCUT2D eigenvalue weighted by Gasteiger charge is -2.25. The maximum absolute atomic E-state index is 13.0. The first-order chi connectivity index (χ1) is 11.2. The van der Waals surface area contributed by atoms with E-state index < -0.39 is 0 Å². The number of nitrogens with zero attached hydrogens (tertiary/aromatic N) is 2. The lowest BCUT2D eigenvalue weighted by molar-refractivity contribution is -0.128. The number of hydrogen-bond donors (Lipinski definition) is 0. The maximum Gasteiger partial charge on any atom is 0.232 e. The molecule has 0 unspecified atom stereocenters. The molecule has 0 bridgehead atoms. The maximum atomic E-state index is 13.0. The average Bonchev–Trinajstić information content (AvgIpc) is 2.95. The Morgan fingerprint density at radius 2 is 1.87 bits per heavy atom. The van der Waals surface area contributed by atoms with E-state index in [0.29, 0.717) is 13.0 Å². The van der Waals surface area contributed by atoms with Crippen LogP contribution in [0.4, 0.5) is 5.69 Å². The summed E-state index contributed by atoms with van der Waals surface area (Å²) in [6, 6.07) is 9.81. The third kappa shape index (κ3) is 4.57. The molecule has 0 radical (unpaired) electrons. The van der Waals surface area contributed by atoms with Gasteiger partial charge in [0.25, 0.3) is 0 Å². The van der Waals surface area contributed by atoms with Crippen molar-refractivity contribution < 1.29 is 9.59 Å². The number of carbonyl (C=O) groups excluding carboxylic acids is 2. The lowest BCUT2D eigenvalue weighted by Crippen LogP contribution is -2.38. The molecule has 1 saturated heterocycles. The fourth-order valence-corrected chi connectivity index (χ4v) is 3.01. The molecule has 1 atom stereocenters. The summed E-state index contributed by atoms with van der Waals surface area (Å²) in [6.07, 6.45) is 4.45. The number of rotatable bonds is 8. The van der Waals surface area contributed by atoms with Crippen LogP contribution < -0.4 is 4.90 Å². The van der Waals surface area contributed by atoms with E-state index in [9.17, 15) is 9.59 Å². The molecule has 0 saturated carbocycles. The predicted molar refractivity (Wildman–Crippen MR) is 93.3 cm³/mol. The standard InChI is InChI=1S/C19H28N2O2/c1-3-5-12-20-15-16(14-18(20)22)19(23)21(13-6-4-2)17-10-8-7-9-11-17/h7-11,16H,3-6,12-15H2,1-2H3/t16-/m0/s1. The highest BCUT2D eigenvalue weighted by molar-refractivity contribution is 5.99. The molecule has 1 aliphatic heterocycles. The van der Waals surface area contributed by atoms with Gasteiger partial charge in [0.05, 0.1) is 5.92 Å². The second-order valence-electron chi connectivity index (χ2n) is 6.27. The van der Waals surface area contributed by atoms with Crippen LogP contribution in [0.15, 0.2) is 30.3 Å². The molecule has 1 heterocycles. The third-order valence-electron chi connectivity index (χ3n) is 4.41. The van der Waals surface area contributed by atoms with E-state index in [-0.39, 0.29) is 17.7 Å². The summed E-state index contributed by atoms with van der Waals surface area (Å²) in [5.41, 5.74) is 0.936. The molecule has 0 spiro atoms. The number of hydrogen-bond acceptors (Lipinski definition) is 2. The van der Waals surface area contributed by atoms with Crippen LogP contribution in [-0.4, -0.2) is 36.3 Å². The van der Waals surface area contributed by atoms with Crippen molar-refractivity contribution >= 4 is 17.5 Å². The Labute approximate surface area is 139 Å². The Morgan fingerprint density at radius 3 is 2.52 bits per heavy atom. The second-order valence-corrected chi connectivity index (χ2v) is 6.27. The Bertz CT molecular complexity index is 515. The van der Waals surface area contributed by atoms with Crippen LogP contribution in [0.2, 0.25) is 0 Å². The van der Waals surface area contributed by atoms with Crippen LogP contribution >= 0.6 is 0 Å². The molecule has 0 aliphatic carbocycles. The van der Waals surface area contributed by atoms with Gasteiger partial charge in [0.15, 0.2) is 0 Å². The highest BCUT2D eigenvalue weighted by Crippen LogP contribution is 2.24. The van der Waals surface area contributed by atoms with Gasteiger partial charge in [0, 0.05) is 31.7 Å². The van der Waals surface area contributed by atoms with Crippen molar-refractivity contribution in [3.05, 3.63) is 30.3 Å². The molecule has 1 fully saturated rings. The molecule has 4 heteroatoms. The molecule has 126 valence electrons. The summed E-state index contributed by atoms with van der Waals surface area (Å²) in [5, 5.41) is 0. The van der Waals surface area contributed by atoms with Gasteiger partial charge in [-0.05, 0) is 25.0 Å². The molecule has 1 aliphatic rings. The summed E-state index contributed by atoms with van der Waals surface area (Å²) in [4.78, 5) is 28.8. The molecule has 2 amide bonds. The molecule has 2 rings (SSSR count). The summed E-state index contributed by atoms with van der Waals surface area (Å²) < 4.78 is 0. The van der Waals surface area contributed by atoms with Crippen LogP contribution in [0.5, 0.6) is 0 Å².